The van der Waals surface area contributed by atoms with Gasteiger partial charge < -0.3 is 4.74 Å². The summed E-state index contributed by atoms with van der Waals surface area (Å²) >= 11 is 6.13. The largest absolute Gasteiger partial charge is 0.495 e. The van der Waals surface area contributed by atoms with Crippen molar-refractivity contribution in [1.29, 1.82) is 0 Å². The highest BCUT2D eigenvalue weighted by Crippen LogP contribution is 2.49. The number of amides is 2. The van der Waals surface area contributed by atoms with Crippen LogP contribution in [0.1, 0.15) is 23.2 Å². The molecule has 31 heavy (non-hydrogen) atoms. The van der Waals surface area contributed by atoms with Gasteiger partial charge in [-0.25, -0.2) is 9.29 Å². The molecule has 0 bridgehead atoms. The number of fused-ring (bicyclic) bond motifs is 3. The van der Waals surface area contributed by atoms with Crippen LogP contribution >= 0.6 is 11.6 Å². The third kappa shape index (κ3) is 2.98. The quantitative estimate of drug-likeness (QED) is 0.536. The van der Waals surface area contributed by atoms with Crippen molar-refractivity contribution >= 4 is 34.9 Å². The first kappa shape index (κ1) is 20.2. The van der Waals surface area contributed by atoms with Crippen LogP contribution in [0.25, 0.3) is 0 Å². The molecule has 160 valence electrons. The van der Waals surface area contributed by atoms with Crippen molar-refractivity contribution in [3.8, 4) is 5.75 Å². The van der Waals surface area contributed by atoms with Gasteiger partial charge in [-0.15, -0.1) is 0 Å². The third-order valence-corrected chi connectivity index (χ3v) is 6.87. The Labute approximate surface area is 183 Å². The van der Waals surface area contributed by atoms with Gasteiger partial charge in [0.15, 0.2) is 5.78 Å². The number of methoxy groups -OCH3 is 1. The number of ether oxygens (including phenoxy) is 1. The Morgan fingerprint density at radius 2 is 1.81 bits per heavy atom. The number of anilines is 1. The summed E-state index contributed by atoms with van der Waals surface area (Å²) in [6.07, 6.45) is 1.59. The Hall–Kier alpha value is -2.77. The molecule has 3 heterocycles. The van der Waals surface area contributed by atoms with Gasteiger partial charge in [-0.2, -0.15) is 0 Å². The molecule has 3 fully saturated rings. The number of imide groups is 1. The van der Waals surface area contributed by atoms with Crippen LogP contribution in [-0.4, -0.2) is 48.2 Å². The second-order valence-electron chi connectivity index (χ2n) is 8.14. The Morgan fingerprint density at radius 3 is 2.52 bits per heavy atom. The van der Waals surface area contributed by atoms with Crippen molar-refractivity contribution in [3.05, 3.63) is 58.9 Å². The van der Waals surface area contributed by atoms with Crippen molar-refractivity contribution in [1.82, 2.24) is 4.90 Å². The van der Waals surface area contributed by atoms with Crippen molar-refractivity contribution in [3.63, 3.8) is 0 Å². The first-order valence-electron chi connectivity index (χ1n) is 10.2. The van der Waals surface area contributed by atoms with E-state index in [4.69, 9.17) is 16.3 Å². The molecule has 5 rings (SSSR count). The van der Waals surface area contributed by atoms with Crippen molar-refractivity contribution in [2.45, 2.75) is 24.9 Å². The minimum atomic E-state index is -0.793. The molecule has 4 atom stereocenters. The molecule has 0 radical (unpaired) electrons. The average Bonchev–Trinajstić information content (AvgIpc) is 3.40. The van der Waals surface area contributed by atoms with E-state index in [2.05, 4.69) is 0 Å². The van der Waals surface area contributed by atoms with E-state index in [1.165, 1.54) is 37.4 Å². The molecule has 0 aliphatic carbocycles. The van der Waals surface area contributed by atoms with Gasteiger partial charge in [0.25, 0.3) is 0 Å². The van der Waals surface area contributed by atoms with E-state index in [1.54, 1.807) is 12.1 Å². The van der Waals surface area contributed by atoms with Crippen LogP contribution in [0.4, 0.5) is 10.1 Å². The Bertz CT molecular complexity index is 1090. The van der Waals surface area contributed by atoms with Gasteiger partial charge >= 0.3 is 0 Å². The Balaban J connectivity index is 1.57. The van der Waals surface area contributed by atoms with Crippen molar-refractivity contribution < 1.29 is 23.5 Å². The number of carbonyl (C=O) groups excluding carboxylic acids is 3. The highest BCUT2D eigenvalue weighted by molar-refractivity contribution is 6.32. The van der Waals surface area contributed by atoms with Crippen LogP contribution < -0.4 is 9.64 Å². The van der Waals surface area contributed by atoms with Crippen LogP contribution in [-0.2, 0) is 9.59 Å². The smallest absolute Gasteiger partial charge is 0.239 e. The molecule has 8 heteroatoms. The maximum Gasteiger partial charge on any atom is 0.239 e. The van der Waals surface area contributed by atoms with Crippen LogP contribution in [0, 0.1) is 17.7 Å². The number of hydrogen-bond donors (Lipinski definition) is 0. The second-order valence-corrected chi connectivity index (χ2v) is 8.58. The molecule has 2 amide bonds. The minimum Gasteiger partial charge on any atom is -0.495 e. The van der Waals surface area contributed by atoms with Gasteiger partial charge in [-0.05, 0) is 61.9 Å². The van der Waals surface area contributed by atoms with Crippen LogP contribution in [0.5, 0.6) is 5.75 Å². The maximum absolute atomic E-state index is 13.6. The monoisotopic (exact) mass is 442 g/mol. The molecule has 3 saturated heterocycles. The molecular formula is C23H20ClFN2O4. The Kier molecular flexibility index (Phi) is 4.83. The molecule has 6 nitrogen and oxygen atoms in total. The number of Topliss-reactive ketones (excluding diaryl/α,β-unsaturated/α-hetero) is 1. The number of nitrogens with zero attached hydrogens (tertiary/aromatic N) is 2. The fourth-order valence-electron chi connectivity index (χ4n) is 5.38. The molecular weight excluding hydrogens is 423 g/mol. The number of benzene rings is 2. The van der Waals surface area contributed by atoms with E-state index in [0.717, 1.165) is 17.7 Å². The molecule has 2 aromatic rings. The standard InChI is InChI=1S/C23H20ClFN2O4/c1-31-17-9-6-13(24)11-16(17)27-22(29)18-15-3-2-10-26(15)20(19(18)23(27)30)21(28)12-4-7-14(25)8-5-12/h4-9,11,15,18-20H,2-3,10H2,1H3/t15-,18-,19-,20-/m0/s1. The van der Waals surface area contributed by atoms with Gasteiger partial charge in [0, 0.05) is 16.6 Å². The zero-order valence-electron chi connectivity index (χ0n) is 16.8. The van der Waals surface area contributed by atoms with E-state index in [-0.39, 0.29) is 23.4 Å². The van der Waals surface area contributed by atoms with Gasteiger partial charge in [0.1, 0.15) is 11.6 Å². The molecule has 0 unspecified atom stereocenters. The number of carbonyl (C=O) groups is 3. The summed E-state index contributed by atoms with van der Waals surface area (Å²) in [6, 6.07) is 9.13. The van der Waals surface area contributed by atoms with Gasteiger partial charge in [-0.1, -0.05) is 11.6 Å². The Morgan fingerprint density at radius 1 is 1.10 bits per heavy atom. The third-order valence-electron chi connectivity index (χ3n) is 6.63. The first-order chi connectivity index (χ1) is 14.9. The fraction of sp³-hybridized carbons (Fsp3) is 0.348. The first-order valence-corrected chi connectivity index (χ1v) is 10.6. The van der Waals surface area contributed by atoms with E-state index in [0.29, 0.717) is 22.9 Å². The number of halogens is 2. The molecule has 0 aromatic heterocycles. The average molecular weight is 443 g/mol. The highest BCUT2D eigenvalue weighted by atomic mass is 35.5. The normalized spacial score (nSPS) is 27.5. The number of hydrogen-bond acceptors (Lipinski definition) is 5. The van der Waals surface area contributed by atoms with E-state index in [1.807, 2.05) is 4.90 Å². The van der Waals surface area contributed by atoms with E-state index >= 15 is 0 Å². The summed E-state index contributed by atoms with van der Waals surface area (Å²) in [4.78, 5) is 43.6. The summed E-state index contributed by atoms with van der Waals surface area (Å²) in [5, 5.41) is 0.370. The fourth-order valence-corrected chi connectivity index (χ4v) is 5.54. The molecule has 2 aromatic carbocycles. The predicted octanol–water partition coefficient (Wildman–Crippen LogP) is 3.32. The van der Waals surface area contributed by atoms with Crippen molar-refractivity contribution in [2.75, 3.05) is 18.6 Å². The lowest BCUT2D eigenvalue weighted by Crippen LogP contribution is -2.46. The van der Waals surface area contributed by atoms with Crippen LogP contribution in [0.15, 0.2) is 42.5 Å². The van der Waals surface area contributed by atoms with Crippen molar-refractivity contribution in [2.24, 2.45) is 11.8 Å². The maximum atomic E-state index is 13.6. The zero-order chi connectivity index (χ0) is 21.9. The minimum absolute atomic E-state index is 0.175. The molecule has 0 spiro atoms. The zero-order valence-corrected chi connectivity index (χ0v) is 17.5. The summed E-state index contributed by atoms with van der Waals surface area (Å²) in [7, 11) is 1.46. The van der Waals surface area contributed by atoms with Crippen LogP contribution in [0.3, 0.4) is 0 Å². The molecule has 3 aliphatic heterocycles. The van der Waals surface area contributed by atoms with Crippen LogP contribution in [0.2, 0.25) is 5.02 Å². The summed E-state index contributed by atoms with van der Waals surface area (Å²) in [5.41, 5.74) is 0.619. The lowest BCUT2D eigenvalue weighted by molar-refractivity contribution is -0.123. The summed E-state index contributed by atoms with van der Waals surface area (Å²) < 4.78 is 18.7. The molecule has 0 saturated carbocycles. The van der Waals surface area contributed by atoms with E-state index < -0.39 is 29.6 Å². The second kappa shape index (κ2) is 7.43. The predicted molar refractivity (Wildman–Crippen MR) is 112 cm³/mol. The number of ketones is 1. The number of rotatable bonds is 4. The van der Waals surface area contributed by atoms with E-state index in [9.17, 15) is 18.8 Å². The topological polar surface area (TPSA) is 66.9 Å². The lowest BCUT2D eigenvalue weighted by atomic mass is 9.85. The van der Waals surface area contributed by atoms with Gasteiger partial charge in [0.05, 0.1) is 30.7 Å². The van der Waals surface area contributed by atoms with Gasteiger partial charge in [-0.3, -0.25) is 19.3 Å². The summed E-state index contributed by atoms with van der Waals surface area (Å²) in [5.74, 6) is -2.50. The molecule has 0 N–H and O–H groups in total. The lowest BCUT2D eigenvalue weighted by Gasteiger charge is -2.28. The highest BCUT2D eigenvalue weighted by Gasteiger charge is 2.65. The van der Waals surface area contributed by atoms with Gasteiger partial charge in [0.2, 0.25) is 11.8 Å². The summed E-state index contributed by atoms with van der Waals surface area (Å²) in [6.45, 7) is 0.649. The SMILES string of the molecule is COc1ccc(Cl)cc1N1C(=O)[C@@H]2[C@H](C1=O)[C@@H](C(=O)c1ccc(F)cc1)N1CCC[C@@H]21. The molecule has 3 aliphatic rings.